The van der Waals surface area contributed by atoms with E-state index < -0.39 is 0 Å². The van der Waals surface area contributed by atoms with Crippen LogP contribution < -0.4 is 0 Å². The molecule has 0 saturated carbocycles. The molecule has 4 nitrogen and oxygen atoms in total. The van der Waals surface area contributed by atoms with E-state index in [0.717, 1.165) is 28.0 Å². The van der Waals surface area contributed by atoms with Gasteiger partial charge in [0.2, 0.25) is 0 Å². The van der Waals surface area contributed by atoms with Crippen LogP contribution in [0.2, 0.25) is 0 Å². The molecular formula is C11H9IN4S. The molecule has 0 radical (unpaired) electrons. The van der Waals surface area contributed by atoms with Gasteiger partial charge in [-0.3, -0.25) is 9.39 Å². The maximum atomic E-state index is 4.56. The number of thioether (sulfide) groups is 1. The van der Waals surface area contributed by atoms with E-state index in [9.17, 15) is 0 Å². The quantitative estimate of drug-likeness (QED) is 0.359. The molecule has 6 heteroatoms. The molecule has 0 spiro atoms. The minimum atomic E-state index is 0.356. The maximum Gasteiger partial charge on any atom is 0.139 e. The van der Waals surface area contributed by atoms with E-state index in [-0.39, 0.29) is 0 Å². The lowest BCUT2D eigenvalue weighted by molar-refractivity contribution is 1.13. The number of hydrogen-bond donors (Lipinski definition) is 0. The summed E-state index contributed by atoms with van der Waals surface area (Å²) in [5.41, 5.74) is 1.80. The molecule has 0 aromatic carbocycles. The third-order valence-electron chi connectivity index (χ3n) is 2.47. The van der Waals surface area contributed by atoms with Crippen LogP contribution in [0.15, 0.2) is 34.4 Å². The maximum absolute atomic E-state index is 4.56. The lowest BCUT2D eigenvalue weighted by atomic mass is 10.4. The van der Waals surface area contributed by atoms with Crippen LogP contribution in [-0.2, 0) is 0 Å². The first-order valence-corrected chi connectivity index (χ1v) is 7.31. The predicted molar refractivity (Wildman–Crippen MR) is 81.2 cm³/mol. The van der Waals surface area contributed by atoms with Gasteiger partial charge in [-0.15, -0.1) is 11.8 Å². The van der Waals surface area contributed by atoms with Crippen molar-refractivity contribution in [2.75, 3.05) is 5.75 Å². The first-order valence-electron chi connectivity index (χ1n) is 5.08. The van der Waals surface area contributed by atoms with Crippen molar-refractivity contribution >= 4 is 57.6 Å². The lowest BCUT2D eigenvalue weighted by Gasteiger charge is -1.96. The topological polar surface area (TPSA) is 42.0 Å². The van der Waals surface area contributed by atoms with Crippen LogP contribution in [0.3, 0.4) is 0 Å². The minimum absolute atomic E-state index is 0.356. The Labute approximate surface area is 116 Å². The van der Waals surface area contributed by atoms with E-state index in [2.05, 4.69) is 44.3 Å². The van der Waals surface area contributed by atoms with E-state index in [0.29, 0.717) is 4.05 Å². The smallest absolute Gasteiger partial charge is 0.139 e. The number of imidazole rings is 1. The van der Waals surface area contributed by atoms with E-state index in [1.54, 1.807) is 11.8 Å². The molecule has 1 atom stereocenters. The highest BCUT2D eigenvalue weighted by Crippen LogP contribution is 2.27. The summed E-state index contributed by atoms with van der Waals surface area (Å²) in [5, 5.41) is 1.02. The van der Waals surface area contributed by atoms with Gasteiger partial charge in [0.1, 0.15) is 26.3 Å². The largest absolute Gasteiger partial charge is 0.284 e. The Morgan fingerprint density at radius 1 is 1.53 bits per heavy atom. The summed E-state index contributed by atoms with van der Waals surface area (Å²) in [6, 6.07) is 5.80. The van der Waals surface area contributed by atoms with E-state index in [1.165, 1.54) is 0 Å². The van der Waals surface area contributed by atoms with Gasteiger partial charge in [0.15, 0.2) is 0 Å². The Hall–Kier alpha value is -0.890. The van der Waals surface area contributed by atoms with Crippen molar-refractivity contribution < 1.29 is 0 Å². The molecule has 0 unspecified atom stereocenters. The molecule has 3 rings (SSSR count). The molecule has 0 fully saturated rings. The van der Waals surface area contributed by atoms with E-state index >= 15 is 0 Å². The van der Waals surface area contributed by atoms with Crippen molar-refractivity contribution in [2.45, 2.75) is 4.05 Å². The molecule has 0 saturated heterocycles. The lowest BCUT2D eigenvalue weighted by Crippen LogP contribution is -1.91. The Morgan fingerprint density at radius 2 is 2.41 bits per heavy atom. The van der Waals surface area contributed by atoms with Gasteiger partial charge in [-0.1, -0.05) is 28.7 Å². The van der Waals surface area contributed by atoms with Crippen molar-refractivity contribution in [1.82, 2.24) is 9.38 Å². The highest BCUT2D eigenvalue weighted by Gasteiger charge is 2.19. The molecule has 0 amide bonds. The molecule has 0 aliphatic carbocycles. The van der Waals surface area contributed by atoms with Gasteiger partial charge in [-0.2, -0.15) is 0 Å². The first kappa shape index (κ1) is 11.2. The van der Waals surface area contributed by atoms with Crippen molar-refractivity contribution in [1.29, 1.82) is 0 Å². The van der Waals surface area contributed by atoms with Gasteiger partial charge in [-0.25, -0.2) is 9.98 Å². The third-order valence-corrected chi connectivity index (χ3v) is 4.85. The van der Waals surface area contributed by atoms with Crippen LogP contribution >= 0.6 is 34.4 Å². The number of fused-ring (bicyclic) bond motifs is 1. The first-order chi connectivity index (χ1) is 8.28. The zero-order valence-electron chi connectivity index (χ0n) is 8.88. The Balaban J connectivity index is 2.14. The second-order valence-corrected chi connectivity index (χ2v) is 6.02. The van der Waals surface area contributed by atoms with E-state index in [1.807, 2.05) is 28.8 Å². The number of nitrogens with zero attached hydrogens (tertiary/aromatic N) is 4. The minimum Gasteiger partial charge on any atom is -0.284 e. The van der Waals surface area contributed by atoms with Gasteiger partial charge in [-0.05, 0) is 18.9 Å². The van der Waals surface area contributed by atoms with Gasteiger partial charge in [0, 0.05) is 11.9 Å². The van der Waals surface area contributed by atoms with Crippen molar-refractivity contribution in [3.8, 4) is 0 Å². The summed E-state index contributed by atoms with van der Waals surface area (Å²) >= 11 is 4.09. The second kappa shape index (κ2) is 4.41. The molecule has 3 heterocycles. The summed E-state index contributed by atoms with van der Waals surface area (Å²) < 4.78 is 2.29. The van der Waals surface area contributed by atoms with Crippen LogP contribution in [-0.4, -0.2) is 30.9 Å². The summed E-state index contributed by atoms with van der Waals surface area (Å²) in [5.74, 6) is 1.83. The number of alkyl halides is 1. The van der Waals surface area contributed by atoms with Gasteiger partial charge < -0.3 is 0 Å². The molecule has 1 aliphatic heterocycles. The highest BCUT2D eigenvalue weighted by molar-refractivity contribution is 14.1. The molecular weight excluding hydrogens is 347 g/mol. The van der Waals surface area contributed by atoms with Crippen LogP contribution in [0.4, 0.5) is 5.82 Å². The predicted octanol–water partition coefficient (Wildman–Crippen LogP) is 2.92. The molecule has 17 heavy (non-hydrogen) atoms. The normalized spacial score (nSPS) is 19.6. The number of aromatic nitrogens is 2. The van der Waals surface area contributed by atoms with Gasteiger partial charge in [0.25, 0.3) is 0 Å². The molecule has 2 aromatic rings. The zero-order valence-corrected chi connectivity index (χ0v) is 11.9. The van der Waals surface area contributed by atoms with Crippen LogP contribution in [0, 0.1) is 0 Å². The zero-order chi connectivity index (χ0) is 11.8. The van der Waals surface area contributed by atoms with Crippen LogP contribution in [0.5, 0.6) is 0 Å². The van der Waals surface area contributed by atoms with Crippen LogP contribution in [0.1, 0.15) is 5.69 Å². The number of halogens is 1. The summed E-state index contributed by atoms with van der Waals surface area (Å²) in [4.78, 5) is 13.1. The fourth-order valence-corrected chi connectivity index (χ4v) is 3.54. The SMILES string of the molecule is C=Nc1cccc2nc(C3=N[C@H](I)CS3)cn12. The fourth-order valence-electron chi connectivity index (χ4n) is 1.72. The number of pyridine rings is 1. The monoisotopic (exact) mass is 356 g/mol. The number of hydrogen-bond acceptors (Lipinski definition) is 4. The molecule has 1 aliphatic rings. The Morgan fingerprint density at radius 3 is 3.12 bits per heavy atom. The van der Waals surface area contributed by atoms with Gasteiger partial charge >= 0.3 is 0 Å². The average Bonchev–Trinajstić information content (AvgIpc) is 2.93. The third kappa shape index (κ3) is 1.99. The van der Waals surface area contributed by atoms with E-state index in [4.69, 9.17) is 0 Å². The fraction of sp³-hybridized carbons (Fsp3) is 0.182. The molecule has 0 bridgehead atoms. The summed E-state index contributed by atoms with van der Waals surface area (Å²) in [6.07, 6.45) is 1.97. The van der Waals surface area contributed by atoms with Crippen LogP contribution in [0.25, 0.3) is 5.65 Å². The Kier molecular flexibility index (Phi) is 2.91. The molecule has 0 N–H and O–H groups in total. The van der Waals surface area contributed by atoms with Crippen molar-refractivity contribution in [3.63, 3.8) is 0 Å². The van der Waals surface area contributed by atoms with Crippen molar-refractivity contribution in [3.05, 3.63) is 30.1 Å². The average molecular weight is 356 g/mol. The Bertz CT molecular complexity index is 619. The second-order valence-electron chi connectivity index (χ2n) is 3.58. The number of rotatable bonds is 2. The molecule has 2 aromatic heterocycles. The standard InChI is InChI=1S/C11H9IN4S/c1-13-9-3-2-4-10-14-7(5-16(9)10)11-15-8(12)6-17-11/h2-5,8H,1,6H2/t8-/m0/s1. The summed E-state index contributed by atoms with van der Waals surface area (Å²) in [6.45, 7) is 3.56. The van der Waals surface area contributed by atoms with Crippen molar-refractivity contribution in [2.24, 2.45) is 9.98 Å². The summed E-state index contributed by atoms with van der Waals surface area (Å²) in [7, 11) is 0. The number of aliphatic imine (C=N–C) groups is 2. The van der Waals surface area contributed by atoms with Gasteiger partial charge in [0.05, 0.1) is 0 Å². The molecule has 86 valence electrons. The highest BCUT2D eigenvalue weighted by atomic mass is 127.